The van der Waals surface area contributed by atoms with Crippen molar-refractivity contribution in [1.82, 2.24) is 4.90 Å². The highest BCUT2D eigenvalue weighted by Crippen LogP contribution is 2.33. The largest absolute Gasteiger partial charge is 0.444 e. The number of rotatable bonds is 2. The minimum Gasteiger partial charge on any atom is -0.444 e. The van der Waals surface area contributed by atoms with E-state index >= 15 is 0 Å². The van der Waals surface area contributed by atoms with Crippen LogP contribution in [0.2, 0.25) is 0 Å². The molecule has 0 bridgehead atoms. The number of ether oxygens (including phenoxy) is 1. The van der Waals surface area contributed by atoms with Gasteiger partial charge < -0.3 is 21.1 Å². The number of fused-ring (bicyclic) bond motifs is 1. The molecule has 7 heteroatoms. The minimum atomic E-state index is -0.599. The second kappa shape index (κ2) is 7.50. The van der Waals surface area contributed by atoms with E-state index in [0.717, 1.165) is 30.6 Å². The van der Waals surface area contributed by atoms with Crippen LogP contribution < -0.4 is 16.4 Å². The van der Waals surface area contributed by atoms with Crippen LogP contribution in [0.3, 0.4) is 0 Å². The number of nitrogens with one attached hydrogen (secondary N) is 2. The molecule has 2 heterocycles. The molecular formula is C20H28N4O3. The van der Waals surface area contributed by atoms with Gasteiger partial charge in [0.1, 0.15) is 11.6 Å². The lowest BCUT2D eigenvalue weighted by molar-refractivity contribution is -0.122. The summed E-state index contributed by atoms with van der Waals surface area (Å²) < 4.78 is 5.47. The van der Waals surface area contributed by atoms with Gasteiger partial charge in [0.05, 0.1) is 11.4 Å². The van der Waals surface area contributed by atoms with Gasteiger partial charge in [-0.15, -0.1) is 0 Å². The second-order valence-electron chi connectivity index (χ2n) is 7.95. The van der Waals surface area contributed by atoms with Crippen LogP contribution in [0.5, 0.6) is 0 Å². The molecule has 0 spiro atoms. The standard InChI is InChI=1S/C20H28N4O3/c1-20(2,3)27-19(26)24-12-5-4-8-16(24)18(25)23-15-10-9-14-13(17(15)21)7-6-11-22-14/h6-7,9-10,16,22H,4-5,8,11-12,21H2,1-3H3,(H,23,25). The van der Waals surface area contributed by atoms with Crippen molar-refractivity contribution < 1.29 is 14.3 Å². The number of anilines is 3. The molecule has 2 aliphatic heterocycles. The highest BCUT2D eigenvalue weighted by Gasteiger charge is 2.35. The van der Waals surface area contributed by atoms with Crippen LogP contribution in [0.25, 0.3) is 6.08 Å². The van der Waals surface area contributed by atoms with Crippen LogP contribution >= 0.6 is 0 Å². The Balaban J connectivity index is 1.76. The molecule has 1 aromatic carbocycles. The summed E-state index contributed by atoms with van der Waals surface area (Å²) in [4.78, 5) is 27.0. The van der Waals surface area contributed by atoms with E-state index in [1.807, 2.05) is 39.0 Å². The first-order valence-corrected chi connectivity index (χ1v) is 9.39. The molecular weight excluding hydrogens is 344 g/mol. The summed E-state index contributed by atoms with van der Waals surface area (Å²) in [6.45, 7) is 6.72. The summed E-state index contributed by atoms with van der Waals surface area (Å²) in [7, 11) is 0. The van der Waals surface area contributed by atoms with Gasteiger partial charge in [0, 0.05) is 24.3 Å². The van der Waals surface area contributed by atoms with Crippen molar-refractivity contribution in [2.24, 2.45) is 0 Å². The fourth-order valence-corrected chi connectivity index (χ4v) is 3.38. The number of nitrogens with zero attached hydrogens (tertiary/aromatic N) is 1. The molecule has 2 amide bonds. The highest BCUT2D eigenvalue weighted by atomic mass is 16.6. The Morgan fingerprint density at radius 3 is 2.81 bits per heavy atom. The maximum atomic E-state index is 12.9. The fourth-order valence-electron chi connectivity index (χ4n) is 3.38. The van der Waals surface area contributed by atoms with Crippen LogP contribution in [-0.4, -0.2) is 41.6 Å². The van der Waals surface area contributed by atoms with Crippen molar-refractivity contribution in [2.45, 2.75) is 51.7 Å². The molecule has 0 saturated carbocycles. The molecule has 27 heavy (non-hydrogen) atoms. The zero-order valence-corrected chi connectivity index (χ0v) is 16.2. The lowest BCUT2D eigenvalue weighted by Crippen LogP contribution is -2.51. The van der Waals surface area contributed by atoms with Crippen molar-refractivity contribution in [1.29, 1.82) is 0 Å². The number of nitrogens with two attached hydrogens (primary N) is 1. The molecule has 3 rings (SSSR count). The van der Waals surface area contributed by atoms with E-state index in [2.05, 4.69) is 10.6 Å². The van der Waals surface area contributed by atoms with Crippen molar-refractivity contribution in [2.75, 3.05) is 29.5 Å². The number of piperidine rings is 1. The number of hydrogen-bond donors (Lipinski definition) is 3. The Labute approximate surface area is 159 Å². The van der Waals surface area contributed by atoms with Gasteiger partial charge in [-0.3, -0.25) is 9.69 Å². The van der Waals surface area contributed by atoms with Gasteiger partial charge in [0.15, 0.2) is 0 Å². The third kappa shape index (κ3) is 4.35. The van der Waals surface area contributed by atoms with Gasteiger partial charge in [0.25, 0.3) is 0 Å². The zero-order valence-electron chi connectivity index (χ0n) is 16.2. The van der Waals surface area contributed by atoms with Gasteiger partial charge in [-0.1, -0.05) is 12.2 Å². The van der Waals surface area contributed by atoms with Gasteiger partial charge in [-0.25, -0.2) is 4.79 Å². The van der Waals surface area contributed by atoms with Crippen LogP contribution in [-0.2, 0) is 9.53 Å². The Morgan fingerprint density at radius 1 is 1.30 bits per heavy atom. The van der Waals surface area contributed by atoms with E-state index in [4.69, 9.17) is 10.5 Å². The topological polar surface area (TPSA) is 96.7 Å². The minimum absolute atomic E-state index is 0.236. The zero-order chi connectivity index (χ0) is 19.6. The summed E-state index contributed by atoms with van der Waals surface area (Å²) in [6, 6.07) is 3.13. The number of benzene rings is 1. The third-order valence-corrected chi connectivity index (χ3v) is 4.67. The Kier molecular flexibility index (Phi) is 5.30. The van der Waals surface area contributed by atoms with Crippen molar-refractivity contribution in [3.05, 3.63) is 23.8 Å². The van der Waals surface area contributed by atoms with Crippen molar-refractivity contribution >= 4 is 35.1 Å². The van der Waals surface area contributed by atoms with Gasteiger partial charge in [-0.2, -0.15) is 0 Å². The molecule has 146 valence electrons. The van der Waals surface area contributed by atoms with E-state index in [-0.39, 0.29) is 5.91 Å². The molecule has 1 saturated heterocycles. The summed E-state index contributed by atoms with van der Waals surface area (Å²) in [5.41, 5.74) is 8.54. The first-order chi connectivity index (χ1) is 12.8. The molecule has 1 fully saturated rings. The summed E-state index contributed by atoms with van der Waals surface area (Å²) >= 11 is 0. The molecule has 0 radical (unpaired) electrons. The molecule has 7 nitrogen and oxygen atoms in total. The van der Waals surface area contributed by atoms with Gasteiger partial charge in [0.2, 0.25) is 5.91 Å². The van der Waals surface area contributed by atoms with E-state index < -0.39 is 17.7 Å². The Hall–Kier alpha value is -2.70. The van der Waals surface area contributed by atoms with E-state index in [1.54, 1.807) is 6.07 Å². The van der Waals surface area contributed by atoms with Gasteiger partial charge >= 0.3 is 6.09 Å². The van der Waals surface area contributed by atoms with E-state index in [1.165, 1.54) is 4.90 Å². The summed E-state index contributed by atoms with van der Waals surface area (Å²) in [5.74, 6) is -0.236. The molecule has 0 aromatic heterocycles. The van der Waals surface area contributed by atoms with E-state index in [0.29, 0.717) is 24.3 Å². The van der Waals surface area contributed by atoms with Crippen LogP contribution in [0.4, 0.5) is 21.9 Å². The second-order valence-corrected chi connectivity index (χ2v) is 7.95. The van der Waals surface area contributed by atoms with E-state index in [9.17, 15) is 9.59 Å². The monoisotopic (exact) mass is 372 g/mol. The number of nitrogen functional groups attached to an aromatic ring is 1. The predicted octanol–water partition coefficient (Wildman–Crippen LogP) is 3.44. The maximum Gasteiger partial charge on any atom is 0.410 e. The molecule has 1 aromatic rings. The number of amides is 2. The first-order valence-electron chi connectivity index (χ1n) is 9.39. The quantitative estimate of drug-likeness (QED) is 0.691. The average molecular weight is 372 g/mol. The summed E-state index contributed by atoms with van der Waals surface area (Å²) in [6.07, 6.45) is 5.84. The average Bonchev–Trinajstić information content (AvgIpc) is 2.63. The predicted molar refractivity (Wildman–Crippen MR) is 108 cm³/mol. The molecule has 1 unspecified atom stereocenters. The van der Waals surface area contributed by atoms with Crippen molar-refractivity contribution in [3.63, 3.8) is 0 Å². The lowest BCUT2D eigenvalue weighted by Gasteiger charge is -2.35. The SMILES string of the molecule is CC(C)(C)OC(=O)N1CCCCC1C(=O)Nc1ccc2c(c1N)C=CCN2. The normalized spacial score (nSPS) is 19.1. The summed E-state index contributed by atoms with van der Waals surface area (Å²) in [5, 5.41) is 6.14. The molecule has 4 N–H and O–H groups in total. The number of likely N-dealkylation sites (tertiary alicyclic amines) is 1. The highest BCUT2D eigenvalue weighted by molar-refractivity contribution is 6.01. The number of carbonyl (C=O) groups excluding carboxylic acids is 2. The Bertz CT molecular complexity index is 767. The first kappa shape index (κ1) is 19.1. The third-order valence-electron chi connectivity index (χ3n) is 4.67. The van der Waals surface area contributed by atoms with Gasteiger partial charge in [-0.05, 0) is 52.2 Å². The molecule has 1 atom stereocenters. The van der Waals surface area contributed by atoms with Crippen LogP contribution in [0.15, 0.2) is 18.2 Å². The number of hydrogen-bond acceptors (Lipinski definition) is 5. The molecule has 2 aliphatic rings. The van der Waals surface area contributed by atoms with Crippen LogP contribution in [0, 0.1) is 0 Å². The van der Waals surface area contributed by atoms with Crippen LogP contribution in [0.1, 0.15) is 45.6 Å². The lowest BCUT2D eigenvalue weighted by atomic mass is 10.0. The van der Waals surface area contributed by atoms with Crippen molar-refractivity contribution in [3.8, 4) is 0 Å². The number of carbonyl (C=O) groups is 2. The fraction of sp³-hybridized carbons (Fsp3) is 0.500. The smallest absolute Gasteiger partial charge is 0.410 e. The maximum absolute atomic E-state index is 12.9. The Morgan fingerprint density at radius 2 is 2.07 bits per heavy atom. The molecule has 0 aliphatic carbocycles.